The average molecular weight is 379 g/mol. The van der Waals surface area contributed by atoms with Gasteiger partial charge in [0.05, 0.1) is 11.8 Å². The number of carbonyl (C=O) groups is 4. The summed E-state index contributed by atoms with van der Waals surface area (Å²) in [6.45, 7) is -0.955. The van der Waals surface area contributed by atoms with E-state index in [0.717, 1.165) is 17.7 Å². The normalized spacial score (nSPS) is 22.1. The lowest BCUT2D eigenvalue weighted by Gasteiger charge is -2.19. The summed E-state index contributed by atoms with van der Waals surface area (Å²) in [6, 6.07) is 6.55. The minimum Gasteiger partial charge on any atom is -0.454 e. The zero-order chi connectivity index (χ0) is 18.7. The van der Waals surface area contributed by atoms with Crippen LogP contribution >= 0.6 is 11.6 Å². The summed E-state index contributed by atoms with van der Waals surface area (Å²) in [5.41, 5.74) is 0.479. The first-order chi connectivity index (χ1) is 12.5. The maximum absolute atomic E-state index is 12.3. The lowest BCUT2D eigenvalue weighted by Crippen LogP contribution is -2.37. The van der Waals surface area contributed by atoms with Gasteiger partial charge in [-0.05, 0) is 31.0 Å². The minimum absolute atomic E-state index is 0.306. The molecule has 1 saturated heterocycles. The fraction of sp³-hybridized carbons (Fsp3) is 0.444. The lowest BCUT2D eigenvalue weighted by molar-refractivity contribution is -0.154. The molecule has 3 amide bonds. The molecule has 1 N–H and O–H groups in total. The number of ether oxygens (including phenoxy) is 1. The van der Waals surface area contributed by atoms with E-state index in [1.165, 1.54) is 0 Å². The average Bonchev–Trinajstić information content (AvgIpc) is 2.85. The number of fused-ring (bicyclic) bond motifs is 1. The van der Waals surface area contributed by atoms with Gasteiger partial charge in [-0.15, -0.1) is 0 Å². The standard InChI is InChI=1S/C18H19ClN2O5/c19-11-4-3-5-12(8-11)20-15(22)10-26-16(23)9-21-17(24)13-6-1-2-7-14(13)18(21)25/h3-5,8,13-14H,1-2,6-7,9-10H2,(H,20,22)/t13-,14+. The predicted octanol–water partition coefficient (Wildman–Crippen LogP) is 2.00. The van der Waals surface area contributed by atoms with Crippen LogP contribution in [0.2, 0.25) is 5.02 Å². The van der Waals surface area contributed by atoms with Crippen LogP contribution in [-0.4, -0.2) is 41.7 Å². The number of hydrogen-bond acceptors (Lipinski definition) is 5. The molecular formula is C18H19ClN2O5. The van der Waals surface area contributed by atoms with Gasteiger partial charge in [-0.3, -0.25) is 24.1 Å². The number of anilines is 1. The van der Waals surface area contributed by atoms with Gasteiger partial charge in [0, 0.05) is 10.7 Å². The van der Waals surface area contributed by atoms with Crippen molar-refractivity contribution in [1.29, 1.82) is 0 Å². The Hall–Kier alpha value is -2.41. The van der Waals surface area contributed by atoms with Crippen molar-refractivity contribution < 1.29 is 23.9 Å². The van der Waals surface area contributed by atoms with Crippen LogP contribution in [0.3, 0.4) is 0 Å². The highest BCUT2D eigenvalue weighted by Crippen LogP contribution is 2.37. The number of imide groups is 1. The van der Waals surface area contributed by atoms with Crippen molar-refractivity contribution in [1.82, 2.24) is 4.90 Å². The molecule has 2 aliphatic rings. The molecule has 1 aromatic carbocycles. The van der Waals surface area contributed by atoms with E-state index in [0.29, 0.717) is 23.6 Å². The van der Waals surface area contributed by atoms with Crippen LogP contribution < -0.4 is 5.32 Å². The Morgan fingerprint density at radius 3 is 2.42 bits per heavy atom. The van der Waals surface area contributed by atoms with Crippen molar-refractivity contribution in [3.05, 3.63) is 29.3 Å². The summed E-state index contributed by atoms with van der Waals surface area (Å²) >= 11 is 5.82. The first kappa shape index (κ1) is 18.4. The van der Waals surface area contributed by atoms with E-state index in [2.05, 4.69) is 5.32 Å². The van der Waals surface area contributed by atoms with Gasteiger partial charge < -0.3 is 10.1 Å². The summed E-state index contributed by atoms with van der Waals surface area (Å²) in [5.74, 6) is -2.55. The maximum atomic E-state index is 12.3. The van der Waals surface area contributed by atoms with Crippen molar-refractivity contribution >= 4 is 41.0 Å². The Balaban J connectivity index is 1.49. The third-order valence-electron chi connectivity index (χ3n) is 4.69. The van der Waals surface area contributed by atoms with Gasteiger partial charge >= 0.3 is 5.97 Å². The van der Waals surface area contributed by atoms with Gasteiger partial charge in [-0.2, -0.15) is 0 Å². The van der Waals surface area contributed by atoms with Crippen LogP contribution in [-0.2, 0) is 23.9 Å². The quantitative estimate of drug-likeness (QED) is 0.624. The van der Waals surface area contributed by atoms with Crippen LogP contribution in [0.25, 0.3) is 0 Å². The van der Waals surface area contributed by atoms with Crippen LogP contribution in [0.5, 0.6) is 0 Å². The SMILES string of the molecule is O=C(COC(=O)CN1C(=O)[C@H]2CCCC[C@H]2C1=O)Nc1cccc(Cl)c1. The molecule has 7 nitrogen and oxygen atoms in total. The van der Waals surface area contributed by atoms with Gasteiger partial charge in [0.15, 0.2) is 6.61 Å². The molecule has 1 heterocycles. The molecule has 1 aromatic rings. The van der Waals surface area contributed by atoms with Gasteiger partial charge in [0.1, 0.15) is 6.54 Å². The molecule has 0 spiro atoms. The highest BCUT2D eigenvalue weighted by atomic mass is 35.5. The Labute approximate surface area is 155 Å². The number of benzene rings is 1. The first-order valence-electron chi connectivity index (χ1n) is 8.52. The second-order valence-corrected chi connectivity index (χ2v) is 6.92. The van der Waals surface area contributed by atoms with Gasteiger partial charge in [0.2, 0.25) is 11.8 Å². The van der Waals surface area contributed by atoms with E-state index in [9.17, 15) is 19.2 Å². The molecule has 2 atom stereocenters. The molecule has 3 rings (SSSR count). The molecule has 0 unspecified atom stereocenters. The molecule has 138 valence electrons. The zero-order valence-corrected chi connectivity index (χ0v) is 14.8. The molecule has 0 aromatic heterocycles. The van der Waals surface area contributed by atoms with Crippen LogP contribution in [0, 0.1) is 11.8 Å². The Morgan fingerprint density at radius 2 is 1.81 bits per heavy atom. The van der Waals surface area contributed by atoms with Crippen LogP contribution in [0.15, 0.2) is 24.3 Å². The highest BCUT2D eigenvalue weighted by Gasteiger charge is 2.48. The number of likely N-dealkylation sites (tertiary alicyclic amines) is 1. The predicted molar refractivity (Wildman–Crippen MR) is 93.2 cm³/mol. The van der Waals surface area contributed by atoms with Crippen LogP contribution in [0.4, 0.5) is 5.69 Å². The molecule has 1 aliphatic carbocycles. The molecule has 8 heteroatoms. The van der Waals surface area contributed by atoms with E-state index in [1.54, 1.807) is 24.3 Å². The first-order valence-corrected chi connectivity index (χ1v) is 8.90. The Kier molecular flexibility index (Phi) is 5.56. The fourth-order valence-corrected chi connectivity index (χ4v) is 3.66. The molecule has 26 heavy (non-hydrogen) atoms. The second-order valence-electron chi connectivity index (χ2n) is 6.48. The smallest absolute Gasteiger partial charge is 0.326 e. The van der Waals surface area contributed by atoms with Crippen molar-refractivity contribution in [3.63, 3.8) is 0 Å². The summed E-state index contributed by atoms with van der Waals surface area (Å²) in [6.07, 6.45) is 3.20. The lowest BCUT2D eigenvalue weighted by atomic mass is 9.81. The second kappa shape index (κ2) is 7.86. The van der Waals surface area contributed by atoms with E-state index >= 15 is 0 Å². The number of rotatable bonds is 5. The molecule has 0 radical (unpaired) electrons. The largest absolute Gasteiger partial charge is 0.454 e. The summed E-state index contributed by atoms with van der Waals surface area (Å²) in [7, 11) is 0. The van der Waals surface area contributed by atoms with Crippen molar-refractivity contribution in [2.75, 3.05) is 18.5 Å². The number of halogens is 1. The summed E-state index contributed by atoms with van der Waals surface area (Å²) < 4.78 is 4.89. The van der Waals surface area contributed by atoms with Crippen molar-refractivity contribution in [3.8, 4) is 0 Å². The molecule has 0 bridgehead atoms. The van der Waals surface area contributed by atoms with E-state index in [1.807, 2.05) is 0 Å². The Bertz CT molecular complexity index is 727. The molecule has 2 fully saturated rings. The van der Waals surface area contributed by atoms with Gasteiger partial charge in [0.25, 0.3) is 5.91 Å². The number of amides is 3. The maximum Gasteiger partial charge on any atom is 0.326 e. The number of carbonyl (C=O) groups excluding carboxylic acids is 4. The minimum atomic E-state index is -0.786. The Morgan fingerprint density at radius 1 is 1.15 bits per heavy atom. The number of nitrogens with one attached hydrogen (secondary N) is 1. The summed E-state index contributed by atoms with van der Waals surface area (Å²) in [4.78, 5) is 49.3. The molecule has 1 saturated carbocycles. The van der Waals surface area contributed by atoms with Gasteiger partial charge in [-0.25, -0.2) is 0 Å². The highest BCUT2D eigenvalue weighted by molar-refractivity contribution is 6.30. The third-order valence-corrected chi connectivity index (χ3v) is 4.93. The van der Waals surface area contributed by atoms with E-state index in [-0.39, 0.29) is 23.7 Å². The van der Waals surface area contributed by atoms with Crippen molar-refractivity contribution in [2.45, 2.75) is 25.7 Å². The van der Waals surface area contributed by atoms with E-state index in [4.69, 9.17) is 16.3 Å². The zero-order valence-electron chi connectivity index (χ0n) is 14.1. The number of esters is 1. The number of nitrogens with zero attached hydrogens (tertiary/aromatic N) is 1. The monoisotopic (exact) mass is 378 g/mol. The summed E-state index contributed by atoms with van der Waals surface area (Å²) in [5, 5.41) is 3.01. The molecule has 1 aliphatic heterocycles. The fourth-order valence-electron chi connectivity index (χ4n) is 3.47. The molecular weight excluding hydrogens is 360 g/mol. The van der Waals surface area contributed by atoms with Gasteiger partial charge in [-0.1, -0.05) is 30.5 Å². The van der Waals surface area contributed by atoms with Crippen LogP contribution in [0.1, 0.15) is 25.7 Å². The topological polar surface area (TPSA) is 92.8 Å². The number of hydrogen-bond donors (Lipinski definition) is 1. The third kappa shape index (κ3) is 4.04. The van der Waals surface area contributed by atoms with E-state index < -0.39 is 25.0 Å². The van der Waals surface area contributed by atoms with Crippen molar-refractivity contribution in [2.24, 2.45) is 11.8 Å².